The van der Waals surface area contributed by atoms with Gasteiger partial charge in [0.15, 0.2) is 0 Å². The van der Waals surface area contributed by atoms with E-state index in [4.69, 9.17) is 22.5 Å². The third-order valence-electron chi connectivity index (χ3n) is 2.27. The van der Waals surface area contributed by atoms with Crippen LogP contribution in [0.1, 0.15) is 6.92 Å². The summed E-state index contributed by atoms with van der Waals surface area (Å²) in [6, 6.07) is 3.59. The first-order chi connectivity index (χ1) is 7.54. The number of anilines is 1. The predicted molar refractivity (Wildman–Crippen MR) is 65.1 cm³/mol. The number of hydrogen-bond acceptors (Lipinski definition) is 4. The molecule has 6 heteroatoms. The molecular weight excluding hydrogens is 228 g/mol. The van der Waals surface area contributed by atoms with Crippen LogP contribution in [0.5, 0.6) is 0 Å². The van der Waals surface area contributed by atoms with Gasteiger partial charge in [0.1, 0.15) is 11.7 Å². The van der Waals surface area contributed by atoms with Crippen molar-refractivity contribution >= 4 is 23.3 Å². The Balaban J connectivity index is 2.65. The molecule has 16 heavy (non-hydrogen) atoms. The fourth-order valence-corrected chi connectivity index (χ4v) is 1.40. The predicted octanol–water partition coefficient (Wildman–Crippen LogP) is 1.55. The minimum absolute atomic E-state index is 0.0486. The molecule has 1 rings (SSSR count). The highest BCUT2D eigenvalue weighted by atomic mass is 35.5. The van der Waals surface area contributed by atoms with Crippen LogP contribution in [0, 0.1) is 5.92 Å². The first kappa shape index (κ1) is 12.6. The Morgan fingerprint density at radius 3 is 2.88 bits per heavy atom. The van der Waals surface area contributed by atoms with Crippen LogP contribution in [-0.4, -0.2) is 29.6 Å². The topological polar surface area (TPSA) is 74.7 Å². The summed E-state index contributed by atoms with van der Waals surface area (Å²) >= 11 is 5.74. The van der Waals surface area contributed by atoms with Crippen molar-refractivity contribution in [3.63, 3.8) is 0 Å². The van der Waals surface area contributed by atoms with Crippen molar-refractivity contribution in [2.24, 2.45) is 16.8 Å². The first-order valence-electron chi connectivity index (χ1n) is 4.84. The molecule has 0 radical (unpaired) electrons. The van der Waals surface area contributed by atoms with Gasteiger partial charge in [-0.3, -0.25) is 0 Å². The Kier molecular flexibility index (Phi) is 4.37. The normalized spacial score (nSPS) is 13.6. The van der Waals surface area contributed by atoms with E-state index in [9.17, 15) is 0 Å². The van der Waals surface area contributed by atoms with E-state index < -0.39 is 0 Å². The number of aromatic nitrogens is 1. The number of halogens is 1. The second-order valence-corrected chi connectivity index (χ2v) is 4.08. The zero-order chi connectivity index (χ0) is 12.1. The molecule has 0 aromatic carbocycles. The zero-order valence-corrected chi connectivity index (χ0v) is 10.0. The molecule has 0 saturated carbocycles. The maximum absolute atomic E-state index is 8.54. The monoisotopic (exact) mass is 242 g/mol. The summed E-state index contributed by atoms with van der Waals surface area (Å²) in [5.74, 6) is 0.954. The van der Waals surface area contributed by atoms with Crippen LogP contribution in [0.3, 0.4) is 0 Å². The number of nitrogens with two attached hydrogens (primary N) is 1. The highest BCUT2D eigenvalue weighted by molar-refractivity contribution is 6.30. The van der Waals surface area contributed by atoms with Gasteiger partial charge in [-0.2, -0.15) is 0 Å². The van der Waals surface area contributed by atoms with Gasteiger partial charge in [-0.25, -0.2) is 4.98 Å². The van der Waals surface area contributed by atoms with Crippen molar-refractivity contribution in [3.8, 4) is 0 Å². The molecule has 0 saturated heterocycles. The molecule has 1 aromatic heterocycles. The molecule has 1 atom stereocenters. The van der Waals surface area contributed by atoms with Crippen molar-refractivity contribution in [3.05, 3.63) is 23.4 Å². The van der Waals surface area contributed by atoms with E-state index >= 15 is 0 Å². The smallest absolute Gasteiger partial charge is 0.143 e. The Labute approximate surface area is 99.5 Å². The van der Waals surface area contributed by atoms with Crippen molar-refractivity contribution in [2.45, 2.75) is 6.92 Å². The molecule has 0 spiro atoms. The van der Waals surface area contributed by atoms with Crippen LogP contribution in [0.25, 0.3) is 0 Å². The van der Waals surface area contributed by atoms with Gasteiger partial charge in [-0.05, 0) is 12.1 Å². The highest BCUT2D eigenvalue weighted by Crippen LogP contribution is 2.14. The lowest BCUT2D eigenvalue weighted by molar-refractivity contribution is 0.314. The molecule has 88 valence electrons. The molecule has 0 aliphatic rings. The Hall–Kier alpha value is -1.49. The summed E-state index contributed by atoms with van der Waals surface area (Å²) in [6.45, 7) is 2.49. The number of nitrogens with zero attached hydrogens (tertiary/aromatic N) is 3. The Bertz CT molecular complexity index is 366. The minimum Gasteiger partial charge on any atom is -0.409 e. The summed E-state index contributed by atoms with van der Waals surface area (Å²) in [5.41, 5.74) is 5.50. The van der Waals surface area contributed by atoms with Crippen molar-refractivity contribution in [1.29, 1.82) is 0 Å². The lowest BCUT2D eigenvalue weighted by Crippen LogP contribution is -2.33. The summed E-state index contributed by atoms with van der Waals surface area (Å²) in [5, 5.41) is 12.1. The lowest BCUT2D eigenvalue weighted by atomic mass is 10.1. The maximum Gasteiger partial charge on any atom is 0.143 e. The number of oxime groups is 1. The van der Waals surface area contributed by atoms with Gasteiger partial charge in [0.05, 0.1) is 5.02 Å². The van der Waals surface area contributed by atoms with E-state index in [2.05, 4.69) is 10.1 Å². The number of pyridine rings is 1. The highest BCUT2D eigenvalue weighted by Gasteiger charge is 2.11. The second-order valence-electron chi connectivity index (χ2n) is 3.64. The fourth-order valence-electron chi connectivity index (χ4n) is 1.29. The summed E-state index contributed by atoms with van der Waals surface area (Å²) < 4.78 is 0. The molecule has 3 N–H and O–H groups in total. The molecule has 0 aliphatic heterocycles. The van der Waals surface area contributed by atoms with Crippen LogP contribution in [-0.2, 0) is 0 Å². The molecule has 1 unspecified atom stereocenters. The minimum atomic E-state index is -0.0486. The average molecular weight is 243 g/mol. The van der Waals surface area contributed by atoms with E-state index in [0.29, 0.717) is 11.6 Å². The quantitative estimate of drug-likeness (QED) is 0.364. The van der Waals surface area contributed by atoms with Crippen LogP contribution < -0.4 is 10.6 Å². The molecule has 1 heterocycles. The third-order valence-corrected chi connectivity index (χ3v) is 2.49. The molecule has 0 fully saturated rings. The average Bonchev–Trinajstić information content (AvgIpc) is 2.28. The van der Waals surface area contributed by atoms with Gasteiger partial charge in [-0.15, -0.1) is 0 Å². The van der Waals surface area contributed by atoms with Gasteiger partial charge < -0.3 is 15.8 Å². The molecule has 0 amide bonds. The largest absolute Gasteiger partial charge is 0.409 e. The van der Waals surface area contributed by atoms with E-state index in [-0.39, 0.29) is 11.8 Å². The second kappa shape index (κ2) is 5.55. The number of amidine groups is 1. The molecule has 5 nitrogen and oxygen atoms in total. The van der Waals surface area contributed by atoms with Crippen LogP contribution in [0.4, 0.5) is 5.82 Å². The Morgan fingerprint density at radius 1 is 1.69 bits per heavy atom. The summed E-state index contributed by atoms with van der Waals surface area (Å²) in [6.07, 6.45) is 1.58. The van der Waals surface area contributed by atoms with Crippen LogP contribution in [0.2, 0.25) is 5.02 Å². The zero-order valence-electron chi connectivity index (χ0n) is 9.26. The summed E-state index contributed by atoms with van der Waals surface area (Å²) in [4.78, 5) is 6.08. The van der Waals surface area contributed by atoms with Gasteiger partial charge in [0, 0.05) is 25.7 Å². The third kappa shape index (κ3) is 3.27. The molecule has 0 aliphatic carbocycles. The fraction of sp³-hybridized carbons (Fsp3) is 0.400. The van der Waals surface area contributed by atoms with Gasteiger partial charge in [0.2, 0.25) is 0 Å². The molecular formula is C10H15ClN4O. The SMILES string of the molecule is CC(CN(C)c1ccc(Cl)cn1)C(N)=NO. The Morgan fingerprint density at radius 2 is 2.38 bits per heavy atom. The van der Waals surface area contributed by atoms with Crippen molar-refractivity contribution < 1.29 is 5.21 Å². The van der Waals surface area contributed by atoms with E-state index in [0.717, 1.165) is 5.82 Å². The van der Waals surface area contributed by atoms with E-state index in [1.54, 1.807) is 12.3 Å². The number of rotatable bonds is 4. The lowest BCUT2D eigenvalue weighted by Gasteiger charge is -2.21. The van der Waals surface area contributed by atoms with Gasteiger partial charge >= 0.3 is 0 Å². The van der Waals surface area contributed by atoms with Crippen molar-refractivity contribution in [2.75, 3.05) is 18.5 Å². The van der Waals surface area contributed by atoms with E-state index in [1.807, 2.05) is 24.9 Å². The van der Waals surface area contributed by atoms with E-state index in [1.165, 1.54) is 0 Å². The summed E-state index contributed by atoms with van der Waals surface area (Å²) in [7, 11) is 1.89. The van der Waals surface area contributed by atoms with Gasteiger partial charge in [-0.1, -0.05) is 23.7 Å². The van der Waals surface area contributed by atoms with Crippen LogP contribution in [0.15, 0.2) is 23.5 Å². The molecule has 1 aromatic rings. The maximum atomic E-state index is 8.54. The first-order valence-corrected chi connectivity index (χ1v) is 5.22. The standard InChI is InChI=1S/C10H15ClN4O/c1-7(10(12)14-16)6-15(2)9-4-3-8(11)5-13-9/h3-5,7,16H,6H2,1-2H3,(H2,12,14). The van der Waals surface area contributed by atoms with Crippen molar-refractivity contribution in [1.82, 2.24) is 4.98 Å². The van der Waals surface area contributed by atoms with Gasteiger partial charge in [0.25, 0.3) is 0 Å². The van der Waals surface area contributed by atoms with Crippen LogP contribution >= 0.6 is 11.6 Å². The number of hydrogen-bond donors (Lipinski definition) is 2. The molecule has 0 bridgehead atoms.